The molecule has 0 aromatic carbocycles. The lowest BCUT2D eigenvalue weighted by atomic mass is 9.87. The number of rotatable bonds is 2. The van der Waals surface area contributed by atoms with E-state index in [-0.39, 0.29) is 23.4 Å². The summed E-state index contributed by atoms with van der Waals surface area (Å²) in [5.74, 6) is 0.346. The molecule has 2 atom stereocenters. The van der Waals surface area contributed by atoms with Crippen LogP contribution in [0.4, 0.5) is 0 Å². The van der Waals surface area contributed by atoms with Crippen molar-refractivity contribution >= 4 is 5.91 Å². The van der Waals surface area contributed by atoms with Gasteiger partial charge in [-0.15, -0.1) is 0 Å². The number of carbonyl (C=O) groups is 1. The summed E-state index contributed by atoms with van der Waals surface area (Å²) in [6, 6.07) is -0.333. The second-order valence-corrected chi connectivity index (χ2v) is 5.24. The van der Waals surface area contributed by atoms with Gasteiger partial charge < -0.3 is 16.0 Å². The van der Waals surface area contributed by atoms with Gasteiger partial charge in [0.1, 0.15) is 0 Å². The molecule has 4 nitrogen and oxygen atoms in total. The van der Waals surface area contributed by atoms with Gasteiger partial charge in [-0.3, -0.25) is 4.79 Å². The minimum absolute atomic E-state index is 0.121. The molecule has 2 aliphatic rings. The Bertz CT molecular complexity index is 261. The molecule has 1 amide bonds. The fourth-order valence-corrected chi connectivity index (χ4v) is 2.38. The van der Waals surface area contributed by atoms with E-state index in [2.05, 4.69) is 5.32 Å². The summed E-state index contributed by atoms with van der Waals surface area (Å²) in [5, 5.41) is 3.44. The zero-order valence-electron chi connectivity index (χ0n) is 9.62. The highest BCUT2D eigenvalue weighted by Gasteiger charge is 2.44. The minimum Gasteiger partial charge on any atom is -0.339 e. The highest BCUT2D eigenvalue weighted by Crippen LogP contribution is 2.30. The lowest BCUT2D eigenvalue weighted by Gasteiger charge is -2.40. The van der Waals surface area contributed by atoms with Gasteiger partial charge in [-0.2, -0.15) is 0 Å². The number of nitrogens with one attached hydrogen (secondary N) is 1. The van der Waals surface area contributed by atoms with Crippen LogP contribution in [0.25, 0.3) is 0 Å². The minimum atomic E-state index is -0.333. The Morgan fingerprint density at radius 2 is 2.13 bits per heavy atom. The fourth-order valence-electron chi connectivity index (χ4n) is 2.38. The molecular weight excluding hydrogens is 190 g/mol. The quantitative estimate of drug-likeness (QED) is 0.672. The number of amides is 1. The number of likely N-dealkylation sites (tertiary alicyclic amines) is 1. The molecule has 0 bridgehead atoms. The molecule has 0 aromatic heterocycles. The Kier molecular flexibility index (Phi) is 2.73. The Balaban J connectivity index is 1.93. The van der Waals surface area contributed by atoms with E-state index in [4.69, 9.17) is 5.73 Å². The van der Waals surface area contributed by atoms with Crippen LogP contribution in [-0.2, 0) is 4.79 Å². The lowest BCUT2D eigenvalue weighted by Crippen LogP contribution is -2.59. The van der Waals surface area contributed by atoms with E-state index in [0.717, 1.165) is 26.1 Å². The third kappa shape index (κ3) is 1.88. The average molecular weight is 211 g/mol. The maximum Gasteiger partial charge on any atom is 0.239 e. The number of hydrogen-bond acceptors (Lipinski definition) is 3. The van der Waals surface area contributed by atoms with Crippen LogP contribution in [-0.4, -0.2) is 42.0 Å². The standard InChI is InChI=1S/C11H21N3O/c1-8(2)9(12)10(15)14-6-4-11(7-14)3-5-13-11/h8-9,13H,3-7,12H2,1-2H3/t9-,11+/m1/s1. The Morgan fingerprint density at radius 3 is 2.53 bits per heavy atom. The van der Waals surface area contributed by atoms with Crippen molar-refractivity contribution in [2.75, 3.05) is 19.6 Å². The summed E-state index contributed by atoms with van der Waals surface area (Å²) < 4.78 is 0. The van der Waals surface area contributed by atoms with Crippen LogP contribution in [0.5, 0.6) is 0 Å². The molecule has 0 aromatic rings. The van der Waals surface area contributed by atoms with E-state index >= 15 is 0 Å². The third-order valence-electron chi connectivity index (χ3n) is 3.77. The van der Waals surface area contributed by atoms with E-state index in [0.29, 0.717) is 0 Å². The van der Waals surface area contributed by atoms with E-state index in [1.807, 2.05) is 18.7 Å². The zero-order chi connectivity index (χ0) is 11.1. The summed E-state index contributed by atoms with van der Waals surface area (Å²) in [7, 11) is 0. The second-order valence-electron chi connectivity index (χ2n) is 5.24. The molecule has 2 saturated heterocycles. The van der Waals surface area contributed by atoms with Crippen molar-refractivity contribution in [3.63, 3.8) is 0 Å². The SMILES string of the molecule is CC(C)[C@@H](N)C(=O)N1CC[C@@]2(CCN2)C1. The van der Waals surface area contributed by atoms with Gasteiger partial charge in [0.25, 0.3) is 0 Å². The van der Waals surface area contributed by atoms with Gasteiger partial charge >= 0.3 is 0 Å². The highest BCUT2D eigenvalue weighted by molar-refractivity contribution is 5.82. The molecule has 86 valence electrons. The first-order valence-electron chi connectivity index (χ1n) is 5.83. The third-order valence-corrected chi connectivity index (χ3v) is 3.77. The van der Waals surface area contributed by atoms with Crippen molar-refractivity contribution < 1.29 is 4.79 Å². The highest BCUT2D eigenvalue weighted by atomic mass is 16.2. The van der Waals surface area contributed by atoms with Crippen LogP contribution in [0, 0.1) is 5.92 Å². The molecule has 0 unspecified atom stereocenters. The van der Waals surface area contributed by atoms with Crippen molar-refractivity contribution in [2.24, 2.45) is 11.7 Å². The van der Waals surface area contributed by atoms with E-state index in [9.17, 15) is 4.79 Å². The summed E-state index contributed by atoms with van der Waals surface area (Å²) >= 11 is 0. The van der Waals surface area contributed by atoms with Crippen LogP contribution in [0.1, 0.15) is 26.7 Å². The first-order chi connectivity index (χ1) is 7.04. The smallest absolute Gasteiger partial charge is 0.239 e. The monoisotopic (exact) mass is 211 g/mol. The molecule has 1 spiro atoms. The lowest BCUT2D eigenvalue weighted by molar-refractivity contribution is -0.132. The molecule has 2 fully saturated rings. The number of nitrogens with two attached hydrogens (primary N) is 1. The predicted molar refractivity (Wildman–Crippen MR) is 59.4 cm³/mol. The molecule has 2 aliphatic heterocycles. The van der Waals surface area contributed by atoms with Gasteiger partial charge in [0.2, 0.25) is 5.91 Å². The maximum absolute atomic E-state index is 12.0. The molecule has 0 aliphatic carbocycles. The first kappa shape index (κ1) is 10.9. The Morgan fingerprint density at radius 1 is 1.47 bits per heavy atom. The van der Waals surface area contributed by atoms with Gasteiger partial charge in [0, 0.05) is 18.6 Å². The molecule has 2 heterocycles. The molecule has 0 radical (unpaired) electrons. The van der Waals surface area contributed by atoms with E-state index < -0.39 is 0 Å². The van der Waals surface area contributed by atoms with E-state index in [1.165, 1.54) is 6.42 Å². The average Bonchev–Trinajstić information content (AvgIpc) is 2.59. The van der Waals surface area contributed by atoms with Gasteiger partial charge in [-0.05, 0) is 25.3 Å². The predicted octanol–water partition coefficient (Wildman–Crippen LogP) is -0.0659. The Labute approximate surface area is 91.2 Å². The van der Waals surface area contributed by atoms with Crippen LogP contribution in [0.15, 0.2) is 0 Å². The first-order valence-corrected chi connectivity index (χ1v) is 5.83. The van der Waals surface area contributed by atoms with Gasteiger partial charge in [0.05, 0.1) is 6.04 Å². The largest absolute Gasteiger partial charge is 0.339 e. The topological polar surface area (TPSA) is 58.4 Å². The van der Waals surface area contributed by atoms with Crippen LogP contribution >= 0.6 is 0 Å². The fraction of sp³-hybridized carbons (Fsp3) is 0.909. The van der Waals surface area contributed by atoms with Gasteiger partial charge in [0.15, 0.2) is 0 Å². The molecule has 15 heavy (non-hydrogen) atoms. The normalized spacial score (nSPS) is 32.1. The summed E-state index contributed by atoms with van der Waals surface area (Å²) in [5.41, 5.74) is 6.12. The van der Waals surface area contributed by atoms with Gasteiger partial charge in [-0.1, -0.05) is 13.8 Å². The van der Waals surface area contributed by atoms with Crippen molar-refractivity contribution in [3.8, 4) is 0 Å². The summed E-state index contributed by atoms with van der Waals surface area (Å²) in [4.78, 5) is 13.9. The second kappa shape index (κ2) is 3.76. The Hall–Kier alpha value is -0.610. The van der Waals surface area contributed by atoms with Crippen LogP contribution in [0.3, 0.4) is 0 Å². The van der Waals surface area contributed by atoms with E-state index in [1.54, 1.807) is 0 Å². The van der Waals surface area contributed by atoms with Crippen molar-refractivity contribution in [3.05, 3.63) is 0 Å². The van der Waals surface area contributed by atoms with Crippen molar-refractivity contribution in [2.45, 2.75) is 38.3 Å². The van der Waals surface area contributed by atoms with Crippen LogP contribution < -0.4 is 11.1 Å². The molecule has 4 heteroatoms. The molecule has 0 saturated carbocycles. The van der Waals surface area contributed by atoms with Crippen molar-refractivity contribution in [1.82, 2.24) is 10.2 Å². The number of carbonyl (C=O) groups excluding carboxylic acids is 1. The number of nitrogens with zero attached hydrogens (tertiary/aromatic N) is 1. The summed E-state index contributed by atoms with van der Waals surface area (Å²) in [6.07, 6.45) is 2.29. The maximum atomic E-state index is 12.0. The van der Waals surface area contributed by atoms with Gasteiger partial charge in [-0.25, -0.2) is 0 Å². The molecule has 2 rings (SSSR count). The van der Waals surface area contributed by atoms with Crippen molar-refractivity contribution in [1.29, 1.82) is 0 Å². The molecule has 3 N–H and O–H groups in total. The zero-order valence-corrected chi connectivity index (χ0v) is 9.62. The van der Waals surface area contributed by atoms with Crippen LogP contribution in [0.2, 0.25) is 0 Å². The number of hydrogen-bond donors (Lipinski definition) is 2. The summed E-state index contributed by atoms with van der Waals surface area (Å²) in [6.45, 7) is 6.81. The molecular formula is C11H21N3O.